The molecule has 0 saturated heterocycles. The Bertz CT molecular complexity index is 1370. The van der Waals surface area contributed by atoms with Crippen LogP contribution in [0.2, 0.25) is 0 Å². The molecular formula is C24H27N5O3S. The Morgan fingerprint density at radius 1 is 1.06 bits per heavy atom. The van der Waals surface area contributed by atoms with Gasteiger partial charge < -0.3 is 9.64 Å². The van der Waals surface area contributed by atoms with Gasteiger partial charge in [-0.25, -0.2) is 4.57 Å². The van der Waals surface area contributed by atoms with Gasteiger partial charge in [0.2, 0.25) is 11.7 Å². The molecule has 0 spiro atoms. The second-order valence-corrected chi connectivity index (χ2v) is 9.20. The van der Waals surface area contributed by atoms with E-state index in [4.69, 9.17) is 4.74 Å². The number of hydrogen-bond acceptors (Lipinski definition) is 6. The first-order chi connectivity index (χ1) is 15.8. The molecule has 0 radical (unpaired) electrons. The van der Waals surface area contributed by atoms with Crippen LogP contribution < -0.4 is 10.3 Å². The molecule has 0 aliphatic heterocycles. The summed E-state index contributed by atoms with van der Waals surface area (Å²) in [6.45, 7) is 8.04. The second kappa shape index (κ2) is 9.27. The fraction of sp³-hybridized carbons (Fsp3) is 0.333. The van der Waals surface area contributed by atoms with E-state index in [9.17, 15) is 9.59 Å². The number of benzene rings is 2. The maximum absolute atomic E-state index is 13.4. The van der Waals surface area contributed by atoms with Gasteiger partial charge in [-0.15, -0.1) is 10.2 Å². The standard InChI is InChI=1S/C24H27N5O3S/c1-15(2)27(16(3)4)21(30)14-33-24-26-25-23-28(17-9-8-10-18(13-17)32-5)22(31)19-11-6-7-12-20(19)29(23)24/h6-13,15-16H,14H2,1-5H3. The molecule has 0 aliphatic carbocycles. The van der Waals surface area contributed by atoms with Gasteiger partial charge in [0.15, 0.2) is 5.16 Å². The lowest BCUT2D eigenvalue weighted by molar-refractivity contribution is -0.131. The predicted octanol–water partition coefficient (Wildman–Crippen LogP) is 3.78. The maximum Gasteiger partial charge on any atom is 0.267 e. The summed E-state index contributed by atoms with van der Waals surface area (Å²) in [6.07, 6.45) is 0. The molecule has 4 rings (SSSR count). The first-order valence-electron chi connectivity index (χ1n) is 10.8. The lowest BCUT2D eigenvalue weighted by atomic mass is 10.2. The van der Waals surface area contributed by atoms with Crippen molar-refractivity contribution in [3.8, 4) is 11.4 Å². The Hall–Kier alpha value is -3.33. The zero-order valence-electron chi connectivity index (χ0n) is 19.3. The van der Waals surface area contributed by atoms with Crippen molar-refractivity contribution in [2.45, 2.75) is 44.9 Å². The predicted molar refractivity (Wildman–Crippen MR) is 130 cm³/mol. The number of methoxy groups -OCH3 is 1. The molecule has 1 amide bonds. The van der Waals surface area contributed by atoms with Crippen LogP contribution in [0.25, 0.3) is 22.4 Å². The lowest BCUT2D eigenvalue weighted by Gasteiger charge is -2.30. The maximum atomic E-state index is 13.4. The van der Waals surface area contributed by atoms with E-state index in [1.165, 1.54) is 16.3 Å². The minimum absolute atomic E-state index is 0.0344. The third kappa shape index (κ3) is 4.20. The summed E-state index contributed by atoms with van der Waals surface area (Å²) in [6, 6.07) is 14.8. The zero-order chi connectivity index (χ0) is 23.7. The van der Waals surface area contributed by atoms with Crippen LogP contribution in [0.1, 0.15) is 27.7 Å². The van der Waals surface area contributed by atoms with Crippen LogP contribution >= 0.6 is 11.8 Å². The normalized spacial score (nSPS) is 11.6. The highest BCUT2D eigenvalue weighted by atomic mass is 32.2. The van der Waals surface area contributed by atoms with Gasteiger partial charge in [-0.3, -0.25) is 14.0 Å². The van der Waals surface area contributed by atoms with E-state index in [0.717, 1.165) is 0 Å². The van der Waals surface area contributed by atoms with Crippen molar-refractivity contribution in [3.63, 3.8) is 0 Å². The van der Waals surface area contributed by atoms with E-state index in [1.54, 1.807) is 19.2 Å². The van der Waals surface area contributed by atoms with Crippen LogP contribution in [0, 0.1) is 0 Å². The molecule has 0 bridgehead atoms. The van der Waals surface area contributed by atoms with Crippen molar-refractivity contribution in [1.29, 1.82) is 0 Å². The molecule has 2 aromatic carbocycles. The van der Waals surface area contributed by atoms with E-state index >= 15 is 0 Å². The summed E-state index contributed by atoms with van der Waals surface area (Å²) in [5, 5.41) is 9.78. The highest BCUT2D eigenvalue weighted by Crippen LogP contribution is 2.25. The number of nitrogens with zero attached hydrogens (tertiary/aromatic N) is 5. The van der Waals surface area contributed by atoms with Crippen LogP contribution in [-0.2, 0) is 4.79 Å². The molecule has 0 fully saturated rings. The van der Waals surface area contributed by atoms with E-state index in [0.29, 0.717) is 33.3 Å². The summed E-state index contributed by atoms with van der Waals surface area (Å²) in [5.41, 5.74) is 1.12. The topological polar surface area (TPSA) is 81.7 Å². The van der Waals surface area contributed by atoms with Crippen molar-refractivity contribution in [1.82, 2.24) is 24.1 Å². The van der Waals surface area contributed by atoms with E-state index in [-0.39, 0.29) is 29.3 Å². The number of amides is 1. The van der Waals surface area contributed by atoms with Gasteiger partial charge in [-0.2, -0.15) is 0 Å². The van der Waals surface area contributed by atoms with E-state index in [1.807, 2.05) is 73.4 Å². The number of hydrogen-bond donors (Lipinski definition) is 0. The molecule has 2 aromatic heterocycles. The fourth-order valence-corrected chi connectivity index (χ4v) is 4.94. The molecule has 0 saturated carbocycles. The number of para-hydroxylation sites is 1. The molecule has 172 valence electrons. The van der Waals surface area contributed by atoms with Crippen molar-refractivity contribution in [2.24, 2.45) is 0 Å². The van der Waals surface area contributed by atoms with Gasteiger partial charge in [-0.1, -0.05) is 30.0 Å². The SMILES string of the molecule is COc1cccc(-n2c(=O)c3ccccc3n3c(SCC(=O)N(C(C)C)C(C)C)nnc23)c1. The van der Waals surface area contributed by atoms with Crippen LogP contribution in [0.4, 0.5) is 0 Å². The number of fused-ring (bicyclic) bond motifs is 3. The molecule has 0 aliphatic rings. The summed E-state index contributed by atoms with van der Waals surface area (Å²) in [4.78, 5) is 28.2. The average Bonchev–Trinajstić information content (AvgIpc) is 3.21. The number of aromatic nitrogens is 4. The molecule has 33 heavy (non-hydrogen) atoms. The summed E-state index contributed by atoms with van der Waals surface area (Å²) >= 11 is 1.32. The van der Waals surface area contributed by atoms with Gasteiger partial charge >= 0.3 is 0 Å². The third-order valence-electron chi connectivity index (χ3n) is 5.43. The Kier molecular flexibility index (Phi) is 6.42. The van der Waals surface area contributed by atoms with Crippen molar-refractivity contribution >= 4 is 34.3 Å². The average molecular weight is 466 g/mol. The van der Waals surface area contributed by atoms with Gasteiger partial charge in [0.05, 0.1) is 29.5 Å². The third-order valence-corrected chi connectivity index (χ3v) is 6.35. The van der Waals surface area contributed by atoms with Crippen molar-refractivity contribution < 1.29 is 9.53 Å². The number of thioether (sulfide) groups is 1. The van der Waals surface area contributed by atoms with Crippen LogP contribution in [0.3, 0.4) is 0 Å². The fourth-order valence-electron chi connectivity index (χ4n) is 4.13. The molecule has 0 N–H and O–H groups in total. The molecule has 0 unspecified atom stereocenters. The number of rotatable bonds is 7. The smallest absolute Gasteiger partial charge is 0.267 e. The quantitative estimate of drug-likeness (QED) is 0.387. The largest absolute Gasteiger partial charge is 0.497 e. The van der Waals surface area contributed by atoms with Gasteiger partial charge in [0.1, 0.15) is 5.75 Å². The summed E-state index contributed by atoms with van der Waals surface area (Å²) < 4.78 is 8.70. The molecule has 4 aromatic rings. The molecule has 9 heteroatoms. The highest BCUT2D eigenvalue weighted by Gasteiger charge is 2.23. The van der Waals surface area contributed by atoms with Crippen LogP contribution in [-0.4, -0.2) is 54.9 Å². The van der Waals surface area contributed by atoms with E-state index < -0.39 is 0 Å². The van der Waals surface area contributed by atoms with Crippen molar-refractivity contribution in [2.75, 3.05) is 12.9 Å². The summed E-state index contributed by atoms with van der Waals surface area (Å²) in [7, 11) is 1.58. The minimum atomic E-state index is -0.197. The molecule has 0 atom stereocenters. The van der Waals surface area contributed by atoms with Gasteiger partial charge in [-0.05, 0) is 52.0 Å². The highest BCUT2D eigenvalue weighted by molar-refractivity contribution is 7.99. The first kappa shape index (κ1) is 22.8. The zero-order valence-corrected chi connectivity index (χ0v) is 20.2. The number of carbonyl (C=O) groups excluding carboxylic acids is 1. The van der Waals surface area contributed by atoms with Gasteiger partial charge in [0, 0.05) is 18.2 Å². The summed E-state index contributed by atoms with van der Waals surface area (Å²) in [5.74, 6) is 1.27. The second-order valence-electron chi connectivity index (χ2n) is 8.25. The Morgan fingerprint density at radius 3 is 2.48 bits per heavy atom. The van der Waals surface area contributed by atoms with E-state index in [2.05, 4.69) is 10.2 Å². The Balaban J connectivity index is 1.85. The number of ether oxygens (including phenoxy) is 1. The molecule has 2 heterocycles. The monoisotopic (exact) mass is 465 g/mol. The first-order valence-corrected chi connectivity index (χ1v) is 11.8. The molecule has 8 nitrogen and oxygen atoms in total. The van der Waals surface area contributed by atoms with Crippen molar-refractivity contribution in [3.05, 3.63) is 58.9 Å². The Labute approximate surface area is 196 Å². The van der Waals surface area contributed by atoms with Crippen LogP contribution in [0.15, 0.2) is 58.5 Å². The van der Waals surface area contributed by atoms with Crippen LogP contribution in [0.5, 0.6) is 5.75 Å². The number of carbonyl (C=O) groups is 1. The Morgan fingerprint density at radius 2 is 1.79 bits per heavy atom. The molecular weight excluding hydrogens is 438 g/mol. The lowest BCUT2D eigenvalue weighted by Crippen LogP contribution is -2.43. The van der Waals surface area contributed by atoms with Gasteiger partial charge in [0.25, 0.3) is 5.56 Å². The minimum Gasteiger partial charge on any atom is -0.497 e.